The fraction of sp³-hybridized carbons (Fsp3) is 0.293. The zero-order valence-electron chi connectivity index (χ0n) is 27.5. The zero-order chi connectivity index (χ0) is 32.1. The molecule has 0 bridgehead atoms. The summed E-state index contributed by atoms with van der Waals surface area (Å²) in [6.45, 7) is 25.4. The summed E-state index contributed by atoms with van der Waals surface area (Å²) in [7, 11) is 0. The molecule has 0 unspecified atom stereocenters. The summed E-state index contributed by atoms with van der Waals surface area (Å²) in [5.41, 5.74) is 10.6. The van der Waals surface area contributed by atoms with Crippen LogP contribution in [0.2, 0.25) is 0 Å². The van der Waals surface area contributed by atoms with E-state index < -0.39 is 6.16 Å². The lowest BCUT2D eigenvalue weighted by atomic mass is 9.84. The highest BCUT2D eigenvalue weighted by Crippen LogP contribution is 2.43. The van der Waals surface area contributed by atoms with Crippen LogP contribution in [0.3, 0.4) is 0 Å². The SMILES string of the molecule is C=Cc1ccc(OC(=O)Oc2ccc(C=C)cc2-c2c(C(C)C)cccc2C(C)C)c(-c2c(C(C)C)cccc2C(C)C)c1. The number of ether oxygens (including phenoxy) is 2. The van der Waals surface area contributed by atoms with Gasteiger partial charge in [0.2, 0.25) is 0 Å². The standard InChI is InChI=1S/C41H46O3/c1-11-29-19-21-37(35(23-29)39-31(25(3)4)15-13-16-32(39)26(5)6)43-41(42)44-38-22-20-30(12-2)24-36(38)40-33(27(7)8)17-14-18-34(40)28(9)10/h11-28H,1-2H2,3-10H3. The molecule has 0 N–H and O–H groups in total. The van der Waals surface area contributed by atoms with E-state index in [2.05, 4.69) is 105 Å². The van der Waals surface area contributed by atoms with Crippen molar-refractivity contribution < 1.29 is 14.3 Å². The maximum atomic E-state index is 13.6. The average molecular weight is 587 g/mol. The monoisotopic (exact) mass is 586 g/mol. The van der Waals surface area contributed by atoms with E-state index in [9.17, 15) is 4.79 Å². The smallest absolute Gasteiger partial charge is 0.394 e. The Hall–Kier alpha value is -4.37. The van der Waals surface area contributed by atoms with Gasteiger partial charge in [-0.15, -0.1) is 0 Å². The Kier molecular flexibility index (Phi) is 10.3. The summed E-state index contributed by atoms with van der Waals surface area (Å²) in [4.78, 5) is 13.6. The highest BCUT2D eigenvalue weighted by atomic mass is 16.7. The summed E-state index contributed by atoms with van der Waals surface area (Å²) in [6.07, 6.45) is 2.83. The largest absolute Gasteiger partial charge is 0.519 e. The molecule has 4 rings (SSSR count). The van der Waals surface area contributed by atoms with E-state index in [-0.39, 0.29) is 23.7 Å². The van der Waals surface area contributed by atoms with Crippen LogP contribution in [-0.4, -0.2) is 6.16 Å². The number of carbonyl (C=O) groups excluding carboxylic acids is 1. The van der Waals surface area contributed by atoms with Crippen LogP contribution in [0, 0.1) is 0 Å². The Labute approximate surface area is 264 Å². The molecule has 4 aromatic carbocycles. The maximum Gasteiger partial charge on any atom is 0.519 e. The van der Waals surface area contributed by atoms with Crippen molar-refractivity contribution in [3.63, 3.8) is 0 Å². The molecule has 44 heavy (non-hydrogen) atoms. The molecule has 0 radical (unpaired) electrons. The lowest BCUT2D eigenvalue weighted by Crippen LogP contribution is -2.15. The van der Waals surface area contributed by atoms with Crippen LogP contribution in [0.5, 0.6) is 11.5 Å². The molecule has 0 aliphatic rings. The minimum Gasteiger partial charge on any atom is -0.394 e. The fourth-order valence-electron chi connectivity index (χ4n) is 5.84. The van der Waals surface area contributed by atoms with Gasteiger partial charge in [-0.3, -0.25) is 0 Å². The highest BCUT2D eigenvalue weighted by Gasteiger charge is 2.23. The fourth-order valence-corrected chi connectivity index (χ4v) is 5.84. The van der Waals surface area contributed by atoms with E-state index in [0.29, 0.717) is 11.5 Å². The van der Waals surface area contributed by atoms with Gasteiger partial charge in [0.05, 0.1) is 0 Å². The van der Waals surface area contributed by atoms with Gasteiger partial charge in [-0.2, -0.15) is 0 Å². The van der Waals surface area contributed by atoms with Crippen LogP contribution < -0.4 is 9.47 Å². The molecule has 0 heterocycles. The van der Waals surface area contributed by atoms with Gasteiger partial charge in [0.25, 0.3) is 0 Å². The third-order valence-electron chi connectivity index (χ3n) is 8.15. The number of hydrogen-bond donors (Lipinski definition) is 0. The summed E-state index contributed by atoms with van der Waals surface area (Å²) >= 11 is 0. The van der Waals surface area contributed by atoms with Gasteiger partial charge >= 0.3 is 6.16 Å². The van der Waals surface area contributed by atoms with E-state index in [1.807, 2.05) is 48.6 Å². The van der Waals surface area contributed by atoms with Gasteiger partial charge in [-0.1, -0.05) is 129 Å². The normalized spacial score (nSPS) is 11.4. The number of hydrogen-bond acceptors (Lipinski definition) is 3. The van der Waals surface area contributed by atoms with Crippen LogP contribution in [0.15, 0.2) is 86.0 Å². The minimum absolute atomic E-state index is 0.276. The van der Waals surface area contributed by atoms with Gasteiger partial charge in [0, 0.05) is 11.1 Å². The first-order valence-corrected chi connectivity index (χ1v) is 15.7. The highest BCUT2D eigenvalue weighted by molar-refractivity contribution is 5.84. The summed E-state index contributed by atoms with van der Waals surface area (Å²) in [5, 5.41) is 0. The van der Waals surface area contributed by atoms with Crippen LogP contribution in [-0.2, 0) is 0 Å². The molecular formula is C41H46O3. The average Bonchev–Trinajstić information content (AvgIpc) is 3.00. The predicted octanol–water partition coefficient (Wildman–Crippen LogP) is 12.4. The molecular weight excluding hydrogens is 540 g/mol. The van der Waals surface area contributed by atoms with Crippen molar-refractivity contribution in [3.05, 3.63) is 119 Å². The van der Waals surface area contributed by atoms with Crippen molar-refractivity contribution in [2.75, 3.05) is 0 Å². The molecule has 0 aromatic heterocycles. The van der Waals surface area contributed by atoms with Crippen molar-refractivity contribution in [3.8, 4) is 33.8 Å². The Bertz CT molecular complexity index is 1490. The third kappa shape index (κ3) is 6.89. The molecule has 0 saturated heterocycles. The van der Waals surface area contributed by atoms with Gasteiger partial charge in [0.1, 0.15) is 11.5 Å². The second-order valence-corrected chi connectivity index (χ2v) is 12.6. The second kappa shape index (κ2) is 13.9. The van der Waals surface area contributed by atoms with Crippen LogP contribution in [0.4, 0.5) is 4.79 Å². The Morgan fingerprint density at radius 1 is 0.545 bits per heavy atom. The van der Waals surface area contributed by atoms with Gasteiger partial charge in [-0.25, -0.2) is 4.79 Å². The summed E-state index contributed by atoms with van der Waals surface area (Å²) in [6, 6.07) is 24.4. The quantitative estimate of drug-likeness (QED) is 0.137. The maximum absolute atomic E-state index is 13.6. The zero-order valence-corrected chi connectivity index (χ0v) is 27.5. The first-order chi connectivity index (χ1) is 21.0. The molecule has 3 heteroatoms. The van der Waals surface area contributed by atoms with E-state index in [0.717, 1.165) is 33.4 Å². The molecule has 4 aromatic rings. The lowest BCUT2D eigenvalue weighted by molar-refractivity contribution is 0.152. The summed E-state index contributed by atoms with van der Waals surface area (Å²) in [5.74, 6) is 2.00. The van der Waals surface area contributed by atoms with Gasteiger partial charge in [0.15, 0.2) is 0 Å². The molecule has 0 spiro atoms. The number of rotatable bonds is 10. The van der Waals surface area contributed by atoms with Crippen molar-refractivity contribution in [1.82, 2.24) is 0 Å². The van der Waals surface area contributed by atoms with Crippen LogP contribution in [0.1, 0.15) is 112 Å². The van der Waals surface area contributed by atoms with Crippen LogP contribution >= 0.6 is 0 Å². The predicted molar refractivity (Wildman–Crippen MR) is 187 cm³/mol. The first-order valence-electron chi connectivity index (χ1n) is 15.7. The molecule has 3 nitrogen and oxygen atoms in total. The molecule has 0 atom stereocenters. The summed E-state index contributed by atoms with van der Waals surface area (Å²) < 4.78 is 12.1. The Morgan fingerprint density at radius 2 is 0.864 bits per heavy atom. The Balaban J connectivity index is 1.83. The minimum atomic E-state index is -0.786. The molecule has 0 amide bonds. The van der Waals surface area contributed by atoms with Gasteiger partial charge < -0.3 is 9.47 Å². The Morgan fingerprint density at radius 3 is 1.14 bits per heavy atom. The van der Waals surface area contributed by atoms with Gasteiger partial charge in [-0.05, 0) is 92.4 Å². The molecule has 228 valence electrons. The molecule has 0 saturated carbocycles. The van der Waals surface area contributed by atoms with Crippen LogP contribution in [0.25, 0.3) is 34.4 Å². The molecule has 0 aliphatic carbocycles. The number of benzene rings is 4. The van der Waals surface area contributed by atoms with Crippen molar-refractivity contribution >= 4 is 18.3 Å². The van der Waals surface area contributed by atoms with E-state index in [4.69, 9.17) is 9.47 Å². The van der Waals surface area contributed by atoms with Crippen molar-refractivity contribution in [1.29, 1.82) is 0 Å². The topological polar surface area (TPSA) is 35.5 Å². The van der Waals surface area contributed by atoms with E-state index >= 15 is 0 Å². The third-order valence-corrected chi connectivity index (χ3v) is 8.15. The van der Waals surface area contributed by atoms with E-state index in [1.54, 1.807) is 0 Å². The van der Waals surface area contributed by atoms with Crippen molar-refractivity contribution in [2.45, 2.75) is 79.1 Å². The number of carbonyl (C=O) groups is 1. The van der Waals surface area contributed by atoms with Crippen molar-refractivity contribution in [2.24, 2.45) is 0 Å². The second-order valence-electron chi connectivity index (χ2n) is 12.6. The lowest BCUT2D eigenvalue weighted by Gasteiger charge is -2.23. The molecule has 0 aliphatic heterocycles. The van der Waals surface area contributed by atoms with E-state index in [1.165, 1.54) is 22.3 Å². The first kappa shape index (κ1) is 32.5. The molecule has 0 fully saturated rings.